The number of imidazole rings is 1. The fourth-order valence-corrected chi connectivity index (χ4v) is 1.91. The van der Waals surface area contributed by atoms with Gasteiger partial charge in [-0.25, -0.2) is 4.98 Å². The Kier molecular flexibility index (Phi) is 2.41. The van der Waals surface area contributed by atoms with Crippen molar-refractivity contribution >= 4 is 16.7 Å². The number of fused-ring (bicyclic) bond motifs is 1. The highest BCUT2D eigenvalue weighted by atomic mass is 16.1. The van der Waals surface area contributed by atoms with Crippen LogP contribution in [0.5, 0.6) is 0 Å². The molecule has 0 aliphatic rings. The molecule has 0 aliphatic carbocycles. The van der Waals surface area contributed by atoms with E-state index in [1.807, 2.05) is 30.3 Å². The number of hydrogen-bond acceptors (Lipinski definition) is 3. The number of hydrogen-bond donors (Lipinski definition) is 0. The minimum Gasteiger partial charge on any atom is -0.331 e. The maximum atomic E-state index is 12.2. The van der Waals surface area contributed by atoms with Gasteiger partial charge in [0.25, 0.3) is 0 Å². The second-order valence-electron chi connectivity index (χ2n) is 4.11. The number of carbonyl (C=O) groups is 1. The molecule has 2 heterocycles. The summed E-state index contributed by atoms with van der Waals surface area (Å²) in [6.45, 7) is 0. The number of aryl methyl sites for hydroxylation is 1. The maximum absolute atomic E-state index is 12.2. The Balaban J connectivity index is 2.10. The normalized spacial score (nSPS) is 10.7. The van der Waals surface area contributed by atoms with Gasteiger partial charge in [0, 0.05) is 36.6 Å². The second-order valence-corrected chi connectivity index (χ2v) is 4.11. The first-order chi connectivity index (χ1) is 8.75. The van der Waals surface area contributed by atoms with Crippen LogP contribution in [0.2, 0.25) is 0 Å². The van der Waals surface area contributed by atoms with Crippen molar-refractivity contribution in [2.24, 2.45) is 7.05 Å². The predicted molar refractivity (Wildman–Crippen MR) is 68.4 cm³/mol. The molecule has 0 saturated heterocycles. The SMILES string of the molecule is Cn1ccnc1C(=O)c1cnc2ccccc2c1. The Morgan fingerprint density at radius 1 is 1.22 bits per heavy atom. The van der Waals surface area contributed by atoms with E-state index in [-0.39, 0.29) is 5.78 Å². The largest absolute Gasteiger partial charge is 0.331 e. The lowest BCUT2D eigenvalue weighted by Crippen LogP contribution is -2.08. The summed E-state index contributed by atoms with van der Waals surface area (Å²) < 4.78 is 1.71. The molecule has 4 heteroatoms. The average Bonchev–Trinajstić information content (AvgIpc) is 2.83. The highest BCUT2D eigenvalue weighted by molar-refractivity contribution is 6.08. The van der Waals surface area contributed by atoms with Crippen LogP contribution in [0.25, 0.3) is 10.9 Å². The second kappa shape index (κ2) is 4.07. The van der Waals surface area contributed by atoms with Gasteiger partial charge in [-0.2, -0.15) is 0 Å². The molecule has 0 fully saturated rings. The van der Waals surface area contributed by atoms with Crippen LogP contribution in [0.4, 0.5) is 0 Å². The molecule has 0 saturated carbocycles. The first kappa shape index (κ1) is 10.7. The lowest BCUT2D eigenvalue weighted by atomic mass is 10.1. The van der Waals surface area contributed by atoms with E-state index in [1.54, 1.807) is 30.2 Å². The molecule has 0 atom stereocenters. The van der Waals surface area contributed by atoms with Crippen LogP contribution in [0.1, 0.15) is 16.2 Å². The van der Waals surface area contributed by atoms with Gasteiger partial charge in [-0.1, -0.05) is 18.2 Å². The van der Waals surface area contributed by atoms with Gasteiger partial charge in [0.2, 0.25) is 5.78 Å². The lowest BCUT2D eigenvalue weighted by molar-refractivity contribution is 0.102. The van der Waals surface area contributed by atoms with Crippen LogP contribution in [0, 0.1) is 0 Å². The van der Waals surface area contributed by atoms with Crippen LogP contribution in [-0.4, -0.2) is 20.3 Å². The van der Waals surface area contributed by atoms with E-state index in [4.69, 9.17) is 0 Å². The summed E-state index contributed by atoms with van der Waals surface area (Å²) in [6.07, 6.45) is 4.96. The molecule has 0 aliphatic heterocycles. The quantitative estimate of drug-likeness (QED) is 0.642. The minimum atomic E-state index is -0.110. The highest BCUT2D eigenvalue weighted by Crippen LogP contribution is 2.14. The molecule has 0 radical (unpaired) electrons. The summed E-state index contributed by atoms with van der Waals surface area (Å²) in [5.74, 6) is 0.313. The van der Waals surface area contributed by atoms with E-state index >= 15 is 0 Å². The first-order valence-corrected chi connectivity index (χ1v) is 5.62. The van der Waals surface area contributed by atoms with E-state index in [0.717, 1.165) is 10.9 Å². The van der Waals surface area contributed by atoms with Crippen LogP contribution in [-0.2, 0) is 7.05 Å². The molecule has 3 aromatic rings. The predicted octanol–water partition coefficient (Wildman–Crippen LogP) is 2.20. The van der Waals surface area contributed by atoms with Gasteiger partial charge in [-0.3, -0.25) is 9.78 Å². The zero-order valence-electron chi connectivity index (χ0n) is 9.87. The van der Waals surface area contributed by atoms with E-state index in [1.165, 1.54) is 0 Å². The Labute approximate surface area is 104 Å². The summed E-state index contributed by atoms with van der Waals surface area (Å²) in [6, 6.07) is 9.57. The number of pyridine rings is 1. The fraction of sp³-hybridized carbons (Fsp3) is 0.0714. The van der Waals surface area contributed by atoms with Crippen molar-refractivity contribution in [1.29, 1.82) is 0 Å². The van der Waals surface area contributed by atoms with Gasteiger partial charge in [0.15, 0.2) is 5.82 Å². The van der Waals surface area contributed by atoms with Crippen LogP contribution < -0.4 is 0 Å². The van der Waals surface area contributed by atoms with Crippen LogP contribution in [0.15, 0.2) is 48.9 Å². The number of benzene rings is 1. The third-order valence-corrected chi connectivity index (χ3v) is 2.88. The summed E-state index contributed by atoms with van der Waals surface area (Å²) in [5.41, 5.74) is 1.44. The average molecular weight is 237 g/mol. The monoisotopic (exact) mass is 237 g/mol. The van der Waals surface area contributed by atoms with Gasteiger partial charge in [0.05, 0.1) is 5.52 Å². The molecule has 3 rings (SSSR count). The summed E-state index contributed by atoms with van der Waals surface area (Å²) in [5, 5.41) is 0.956. The van der Waals surface area contributed by atoms with Gasteiger partial charge >= 0.3 is 0 Å². The lowest BCUT2D eigenvalue weighted by Gasteiger charge is -2.02. The van der Waals surface area contributed by atoms with Crippen molar-refractivity contribution < 1.29 is 4.79 Å². The fourth-order valence-electron chi connectivity index (χ4n) is 1.91. The van der Waals surface area contributed by atoms with Gasteiger partial charge in [0.1, 0.15) is 0 Å². The molecule has 88 valence electrons. The zero-order valence-corrected chi connectivity index (χ0v) is 9.87. The Hall–Kier alpha value is -2.49. The van der Waals surface area contributed by atoms with Gasteiger partial charge < -0.3 is 4.57 Å². The minimum absolute atomic E-state index is 0.110. The van der Waals surface area contributed by atoms with E-state index in [0.29, 0.717) is 11.4 Å². The van der Waals surface area contributed by atoms with Crippen molar-refractivity contribution in [1.82, 2.24) is 14.5 Å². The molecule has 0 spiro atoms. The third-order valence-electron chi connectivity index (χ3n) is 2.88. The van der Waals surface area contributed by atoms with Gasteiger partial charge in [-0.15, -0.1) is 0 Å². The summed E-state index contributed by atoms with van der Waals surface area (Å²) in [4.78, 5) is 20.6. The molecule has 0 amide bonds. The number of carbonyl (C=O) groups excluding carboxylic acids is 1. The Morgan fingerprint density at radius 2 is 2.06 bits per heavy atom. The summed E-state index contributed by atoms with van der Waals surface area (Å²) >= 11 is 0. The van der Waals surface area contributed by atoms with Crippen molar-refractivity contribution in [3.05, 3.63) is 60.3 Å². The number of aromatic nitrogens is 3. The molecule has 0 N–H and O–H groups in total. The molecule has 2 aromatic heterocycles. The molecule has 0 bridgehead atoms. The topological polar surface area (TPSA) is 47.8 Å². The Morgan fingerprint density at radius 3 is 2.83 bits per heavy atom. The number of rotatable bonds is 2. The Bertz CT molecular complexity index is 730. The highest BCUT2D eigenvalue weighted by Gasteiger charge is 2.14. The molecular formula is C14H11N3O. The number of para-hydroxylation sites is 1. The molecule has 4 nitrogen and oxygen atoms in total. The summed E-state index contributed by atoms with van der Waals surface area (Å²) in [7, 11) is 1.80. The smallest absolute Gasteiger partial charge is 0.230 e. The standard InChI is InChI=1S/C14H11N3O/c1-17-7-6-15-14(17)13(18)11-8-10-4-2-3-5-12(10)16-9-11/h2-9H,1H3. The van der Waals surface area contributed by atoms with Crippen LogP contribution >= 0.6 is 0 Å². The molecule has 0 unspecified atom stereocenters. The van der Waals surface area contributed by atoms with Crippen LogP contribution in [0.3, 0.4) is 0 Å². The van der Waals surface area contributed by atoms with E-state index in [2.05, 4.69) is 9.97 Å². The van der Waals surface area contributed by atoms with Crippen molar-refractivity contribution in [3.63, 3.8) is 0 Å². The zero-order chi connectivity index (χ0) is 12.5. The van der Waals surface area contributed by atoms with Crippen molar-refractivity contribution in [3.8, 4) is 0 Å². The van der Waals surface area contributed by atoms with E-state index < -0.39 is 0 Å². The third kappa shape index (κ3) is 1.68. The van der Waals surface area contributed by atoms with Gasteiger partial charge in [-0.05, 0) is 12.1 Å². The number of nitrogens with zero attached hydrogens (tertiary/aromatic N) is 3. The maximum Gasteiger partial charge on any atom is 0.230 e. The van der Waals surface area contributed by atoms with Crippen molar-refractivity contribution in [2.45, 2.75) is 0 Å². The van der Waals surface area contributed by atoms with E-state index in [9.17, 15) is 4.79 Å². The molecule has 1 aromatic carbocycles. The molecule has 18 heavy (non-hydrogen) atoms. The molecular weight excluding hydrogens is 226 g/mol. The first-order valence-electron chi connectivity index (χ1n) is 5.62. The number of ketones is 1. The van der Waals surface area contributed by atoms with Crippen molar-refractivity contribution in [2.75, 3.05) is 0 Å².